The van der Waals surface area contributed by atoms with E-state index >= 15 is 0 Å². The summed E-state index contributed by atoms with van der Waals surface area (Å²) in [4.78, 5) is 28.0. The van der Waals surface area contributed by atoms with Crippen molar-refractivity contribution in [1.29, 1.82) is 0 Å². The molecule has 0 saturated carbocycles. The van der Waals surface area contributed by atoms with Crippen LogP contribution in [0.1, 0.15) is 48.1 Å². The largest absolute Gasteiger partial charge is 0.507 e. The second-order valence-corrected chi connectivity index (χ2v) is 8.75. The number of methoxy groups -OCH3 is 1. The highest BCUT2D eigenvalue weighted by Crippen LogP contribution is 2.43. The fraction of sp³-hybridized carbons (Fsp3) is 0.407. The zero-order valence-corrected chi connectivity index (χ0v) is 20.1. The first-order valence-corrected chi connectivity index (χ1v) is 11.6. The van der Waals surface area contributed by atoms with Crippen molar-refractivity contribution >= 4 is 17.4 Å². The van der Waals surface area contributed by atoms with Gasteiger partial charge in [0.1, 0.15) is 5.76 Å². The van der Waals surface area contributed by atoms with Gasteiger partial charge in [0.15, 0.2) is 11.5 Å². The van der Waals surface area contributed by atoms with Crippen LogP contribution in [0, 0.1) is 13.8 Å². The van der Waals surface area contributed by atoms with Crippen molar-refractivity contribution in [3.8, 4) is 11.5 Å². The van der Waals surface area contributed by atoms with Crippen LogP contribution in [-0.2, 0) is 14.3 Å². The van der Waals surface area contributed by atoms with Crippen molar-refractivity contribution in [2.45, 2.75) is 45.8 Å². The molecule has 0 aromatic heterocycles. The fourth-order valence-electron chi connectivity index (χ4n) is 4.69. The Labute approximate surface area is 199 Å². The van der Waals surface area contributed by atoms with E-state index in [0.717, 1.165) is 24.0 Å². The second-order valence-electron chi connectivity index (χ2n) is 8.75. The van der Waals surface area contributed by atoms with Crippen LogP contribution in [0.25, 0.3) is 5.76 Å². The summed E-state index contributed by atoms with van der Waals surface area (Å²) in [5, 5.41) is 11.4. The minimum absolute atomic E-state index is 0.0721. The predicted molar refractivity (Wildman–Crippen MR) is 128 cm³/mol. The van der Waals surface area contributed by atoms with Crippen molar-refractivity contribution in [3.63, 3.8) is 0 Å². The Morgan fingerprint density at radius 1 is 1.15 bits per heavy atom. The van der Waals surface area contributed by atoms with Crippen LogP contribution in [0.15, 0.2) is 42.0 Å². The van der Waals surface area contributed by atoms with E-state index in [1.807, 2.05) is 45.0 Å². The molecule has 180 valence electrons. The summed E-state index contributed by atoms with van der Waals surface area (Å²) in [5.74, 6) is -0.449. The minimum Gasteiger partial charge on any atom is -0.507 e. The van der Waals surface area contributed by atoms with Crippen LogP contribution in [-0.4, -0.2) is 54.7 Å². The maximum atomic E-state index is 13.3. The molecule has 2 fully saturated rings. The third-order valence-corrected chi connectivity index (χ3v) is 6.42. The number of aryl methyl sites for hydroxylation is 2. The number of benzene rings is 2. The van der Waals surface area contributed by atoms with Crippen molar-refractivity contribution in [2.24, 2.45) is 0 Å². The molecule has 2 heterocycles. The van der Waals surface area contributed by atoms with E-state index in [0.29, 0.717) is 35.8 Å². The summed E-state index contributed by atoms with van der Waals surface area (Å²) < 4.78 is 16.9. The lowest BCUT2D eigenvalue weighted by molar-refractivity contribution is -0.140. The first kappa shape index (κ1) is 23.8. The van der Waals surface area contributed by atoms with Gasteiger partial charge in [0, 0.05) is 18.7 Å². The lowest BCUT2D eigenvalue weighted by atomic mass is 9.93. The number of hydrogen-bond donors (Lipinski definition) is 1. The molecule has 2 saturated heterocycles. The zero-order chi connectivity index (χ0) is 24.4. The van der Waals surface area contributed by atoms with Gasteiger partial charge in [-0.2, -0.15) is 0 Å². The number of rotatable bonds is 7. The van der Waals surface area contributed by atoms with E-state index in [-0.39, 0.29) is 24.0 Å². The molecule has 0 aliphatic carbocycles. The van der Waals surface area contributed by atoms with Crippen LogP contribution in [0.3, 0.4) is 0 Å². The Hall–Kier alpha value is -3.32. The number of carbonyl (C=O) groups is 2. The molecular formula is C27H31NO6. The van der Waals surface area contributed by atoms with E-state index in [2.05, 4.69) is 0 Å². The highest BCUT2D eigenvalue weighted by molar-refractivity contribution is 6.46. The lowest BCUT2D eigenvalue weighted by Gasteiger charge is -2.28. The third-order valence-electron chi connectivity index (χ3n) is 6.42. The number of amides is 1. The number of aliphatic hydroxyl groups is 1. The van der Waals surface area contributed by atoms with Gasteiger partial charge >= 0.3 is 0 Å². The quantitative estimate of drug-likeness (QED) is 0.373. The second kappa shape index (κ2) is 9.89. The van der Waals surface area contributed by atoms with Crippen LogP contribution in [0.2, 0.25) is 0 Å². The van der Waals surface area contributed by atoms with Gasteiger partial charge in [0.25, 0.3) is 11.7 Å². The SMILES string of the molecule is CCOc1ccc(C2/C(=C(\O)c3cc(C)ccc3C)C(=O)C(=O)N2CC2CCCO2)cc1OC. The highest BCUT2D eigenvalue weighted by atomic mass is 16.5. The Morgan fingerprint density at radius 3 is 2.62 bits per heavy atom. The van der Waals surface area contributed by atoms with E-state index in [1.165, 1.54) is 4.90 Å². The number of likely N-dealkylation sites (tertiary alicyclic amines) is 1. The molecule has 34 heavy (non-hydrogen) atoms. The van der Waals surface area contributed by atoms with Crippen LogP contribution >= 0.6 is 0 Å². The average molecular weight is 466 g/mol. The van der Waals surface area contributed by atoms with E-state index in [1.54, 1.807) is 19.2 Å². The van der Waals surface area contributed by atoms with Crippen molar-refractivity contribution in [1.82, 2.24) is 4.90 Å². The molecule has 1 N–H and O–H groups in total. The topological polar surface area (TPSA) is 85.3 Å². The Morgan fingerprint density at radius 2 is 1.94 bits per heavy atom. The smallest absolute Gasteiger partial charge is 0.295 e. The number of carbonyl (C=O) groups excluding carboxylic acids is 2. The standard InChI is InChI=1S/C27H31NO6/c1-5-33-21-11-10-18(14-22(21)32-4)24-23(25(29)20-13-16(2)8-9-17(20)3)26(30)27(31)28(24)15-19-7-6-12-34-19/h8-11,13-14,19,24,29H,5-7,12,15H2,1-4H3/b25-23+. The van der Waals surface area contributed by atoms with E-state index < -0.39 is 17.7 Å². The van der Waals surface area contributed by atoms with Gasteiger partial charge in [0.2, 0.25) is 0 Å². The molecule has 1 amide bonds. The number of nitrogens with zero attached hydrogens (tertiary/aromatic N) is 1. The molecule has 2 aliphatic heterocycles. The minimum atomic E-state index is -0.770. The fourth-order valence-corrected chi connectivity index (χ4v) is 4.69. The Balaban J connectivity index is 1.87. The summed E-state index contributed by atoms with van der Waals surface area (Å²) >= 11 is 0. The molecule has 2 aromatic carbocycles. The molecule has 2 atom stereocenters. The lowest BCUT2D eigenvalue weighted by Crippen LogP contribution is -2.36. The van der Waals surface area contributed by atoms with Gasteiger partial charge in [-0.1, -0.05) is 23.8 Å². The first-order chi connectivity index (χ1) is 16.3. The maximum absolute atomic E-state index is 13.3. The Bertz CT molecular complexity index is 1130. The van der Waals surface area contributed by atoms with Crippen LogP contribution < -0.4 is 9.47 Å². The van der Waals surface area contributed by atoms with Gasteiger partial charge in [-0.25, -0.2) is 0 Å². The number of hydrogen-bond acceptors (Lipinski definition) is 6. The third kappa shape index (κ3) is 4.40. The normalized spacial score (nSPS) is 21.8. The van der Waals surface area contributed by atoms with Crippen LogP contribution in [0.5, 0.6) is 11.5 Å². The predicted octanol–water partition coefficient (Wildman–Crippen LogP) is 4.31. The Kier molecular flexibility index (Phi) is 6.93. The summed E-state index contributed by atoms with van der Waals surface area (Å²) in [7, 11) is 1.54. The first-order valence-electron chi connectivity index (χ1n) is 11.6. The van der Waals surface area contributed by atoms with Crippen molar-refractivity contribution in [3.05, 3.63) is 64.2 Å². The molecule has 0 radical (unpaired) electrons. The number of Topliss-reactive ketones (excluding diaryl/α,β-unsaturated/α-hetero) is 1. The summed E-state index contributed by atoms with van der Waals surface area (Å²) in [6.45, 7) is 7.05. The molecule has 2 aliphatic rings. The van der Waals surface area contributed by atoms with Crippen LogP contribution in [0.4, 0.5) is 0 Å². The van der Waals surface area contributed by atoms with Gasteiger partial charge in [0.05, 0.1) is 31.4 Å². The highest BCUT2D eigenvalue weighted by Gasteiger charge is 2.47. The van der Waals surface area contributed by atoms with Gasteiger partial charge in [-0.05, 0) is 62.9 Å². The molecular weight excluding hydrogens is 434 g/mol. The van der Waals surface area contributed by atoms with Crippen molar-refractivity contribution < 1.29 is 28.9 Å². The van der Waals surface area contributed by atoms with Gasteiger partial charge in [-0.3, -0.25) is 9.59 Å². The molecule has 7 nitrogen and oxygen atoms in total. The molecule has 2 aromatic rings. The molecule has 4 rings (SSSR count). The summed E-state index contributed by atoms with van der Waals surface area (Å²) in [6, 6.07) is 10.2. The number of aliphatic hydroxyl groups excluding tert-OH is 1. The molecule has 0 spiro atoms. The zero-order valence-electron chi connectivity index (χ0n) is 20.1. The number of ether oxygens (including phenoxy) is 3. The summed E-state index contributed by atoms with van der Waals surface area (Å²) in [6.07, 6.45) is 1.59. The van der Waals surface area contributed by atoms with Gasteiger partial charge < -0.3 is 24.2 Å². The number of ketones is 1. The van der Waals surface area contributed by atoms with E-state index in [9.17, 15) is 14.7 Å². The van der Waals surface area contributed by atoms with E-state index in [4.69, 9.17) is 14.2 Å². The summed E-state index contributed by atoms with van der Waals surface area (Å²) in [5.41, 5.74) is 3.03. The molecule has 7 heteroatoms. The maximum Gasteiger partial charge on any atom is 0.295 e. The average Bonchev–Trinajstić information content (AvgIpc) is 3.43. The van der Waals surface area contributed by atoms with Crippen molar-refractivity contribution in [2.75, 3.05) is 26.9 Å². The molecule has 0 bridgehead atoms. The molecule has 2 unspecified atom stereocenters. The monoisotopic (exact) mass is 465 g/mol. The van der Waals surface area contributed by atoms with Gasteiger partial charge in [-0.15, -0.1) is 0 Å².